The van der Waals surface area contributed by atoms with Gasteiger partial charge in [0.1, 0.15) is 11.2 Å². The average molecular weight is 471 g/mol. The van der Waals surface area contributed by atoms with Crippen LogP contribution < -0.4 is 5.32 Å². The smallest absolute Gasteiger partial charge is 0.273 e. The number of benzene rings is 1. The van der Waals surface area contributed by atoms with Gasteiger partial charge in [0.15, 0.2) is 0 Å². The number of hydrogen-bond donors (Lipinski definition) is 1. The van der Waals surface area contributed by atoms with Crippen molar-refractivity contribution in [3.8, 4) is 0 Å². The Kier molecular flexibility index (Phi) is 7.13. The SMILES string of the molecule is CC(C)c1cc2n(n1)C[C@@](C)(C(=O)NC1CCCCCCC1)N(Cc1ccccc1Cl)C2=O. The highest BCUT2D eigenvalue weighted by Gasteiger charge is 2.48. The van der Waals surface area contributed by atoms with E-state index in [-0.39, 0.29) is 30.3 Å². The molecule has 0 saturated heterocycles. The van der Waals surface area contributed by atoms with Crippen molar-refractivity contribution in [3.05, 3.63) is 52.3 Å². The normalized spacial score (nSPS) is 22.1. The van der Waals surface area contributed by atoms with Crippen molar-refractivity contribution in [1.29, 1.82) is 0 Å². The summed E-state index contributed by atoms with van der Waals surface area (Å²) in [7, 11) is 0. The Morgan fingerprint density at radius 2 is 1.85 bits per heavy atom. The number of rotatable bonds is 5. The van der Waals surface area contributed by atoms with Gasteiger partial charge >= 0.3 is 0 Å². The molecule has 1 N–H and O–H groups in total. The molecule has 1 aliphatic carbocycles. The summed E-state index contributed by atoms with van der Waals surface area (Å²) in [5.74, 6) is -0.0977. The predicted molar refractivity (Wildman–Crippen MR) is 130 cm³/mol. The van der Waals surface area contributed by atoms with Crippen molar-refractivity contribution in [2.75, 3.05) is 0 Å². The van der Waals surface area contributed by atoms with Crippen LogP contribution >= 0.6 is 11.6 Å². The number of carbonyl (C=O) groups excluding carboxylic acids is 2. The van der Waals surface area contributed by atoms with E-state index in [2.05, 4.69) is 24.3 Å². The van der Waals surface area contributed by atoms with Crippen LogP contribution in [0.15, 0.2) is 30.3 Å². The van der Waals surface area contributed by atoms with Crippen LogP contribution in [0.4, 0.5) is 0 Å². The first-order valence-electron chi connectivity index (χ1n) is 12.2. The van der Waals surface area contributed by atoms with Crippen molar-refractivity contribution in [2.24, 2.45) is 0 Å². The summed E-state index contributed by atoms with van der Waals surface area (Å²) in [5, 5.41) is 8.57. The highest BCUT2D eigenvalue weighted by molar-refractivity contribution is 6.31. The first kappa shape index (κ1) is 23.8. The van der Waals surface area contributed by atoms with Crippen LogP contribution in [-0.2, 0) is 17.9 Å². The van der Waals surface area contributed by atoms with Crippen molar-refractivity contribution >= 4 is 23.4 Å². The molecule has 1 saturated carbocycles. The number of nitrogens with zero attached hydrogens (tertiary/aromatic N) is 3. The minimum atomic E-state index is -1.06. The lowest BCUT2D eigenvalue weighted by Gasteiger charge is -2.44. The van der Waals surface area contributed by atoms with Crippen molar-refractivity contribution in [1.82, 2.24) is 20.0 Å². The number of nitrogens with one attached hydrogen (secondary N) is 1. The van der Waals surface area contributed by atoms with Gasteiger partial charge in [0, 0.05) is 17.6 Å². The second-order valence-corrected chi connectivity index (χ2v) is 10.4. The molecular formula is C26H35ClN4O2. The predicted octanol–water partition coefficient (Wildman–Crippen LogP) is 5.30. The molecule has 2 aliphatic rings. The Balaban J connectivity index is 1.67. The molecule has 1 aromatic carbocycles. The first-order chi connectivity index (χ1) is 15.8. The molecule has 7 heteroatoms. The topological polar surface area (TPSA) is 67.2 Å². The van der Waals surface area contributed by atoms with E-state index in [1.165, 1.54) is 19.3 Å². The number of fused-ring (bicyclic) bond motifs is 1. The molecule has 2 aromatic rings. The van der Waals surface area contributed by atoms with Gasteiger partial charge in [0.25, 0.3) is 5.91 Å². The molecule has 178 valence electrons. The molecule has 0 spiro atoms. The number of aromatic nitrogens is 2. The molecule has 0 bridgehead atoms. The maximum atomic E-state index is 13.8. The quantitative estimate of drug-likeness (QED) is 0.644. The van der Waals surface area contributed by atoms with Gasteiger partial charge in [0.05, 0.1) is 12.2 Å². The standard InChI is InChI=1S/C26H35ClN4O2/c1-18(2)22-15-23-24(32)30(16-19-11-9-10-14-21(19)27)26(3,17-31(23)29-22)25(33)28-20-12-7-5-4-6-8-13-20/h9-11,14-15,18,20H,4-8,12-13,16-17H2,1-3H3,(H,28,33)/t26-/m0/s1. The number of amides is 2. The third-order valence-electron chi connectivity index (χ3n) is 7.12. The van der Waals surface area contributed by atoms with E-state index >= 15 is 0 Å². The van der Waals surface area contributed by atoms with Crippen LogP contribution in [0.1, 0.15) is 93.4 Å². The Hall–Kier alpha value is -2.34. The molecule has 4 rings (SSSR count). The molecule has 2 heterocycles. The lowest BCUT2D eigenvalue weighted by Crippen LogP contribution is -2.64. The Morgan fingerprint density at radius 3 is 2.52 bits per heavy atom. The highest BCUT2D eigenvalue weighted by Crippen LogP contribution is 2.32. The maximum Gasteiger partial charge on any atom is 0.273 e. The minimum absolute atomic E-state index is 0.110. The molecule has 6 nitrogen and oxygen atoms in total. The average Bonchev–Trinajstić information content (AvgIpc) is 3.18. The summed E-state index contributed by atoms with van der Waals surface area (Å²) in [6.45, 7) is 6.57. The van der Waals surface area contributed by atoms with Crippen LogP contribution in [0.5, 0.6) is 0 Å². The van der Waals surface area contributed by atoms with E-state index in [4.69, 9.17) is 11.6 Å². The summed E-state index contributed by atoms with van der Waals surface area (Å²) >= 11 is 6.44. The zero-order chi connectivity index (χ0) is 23.6. The third kappa shape index (κ3) is 4.96. The van der Waals surface area contributed by atoms with Gasteiger partial charge in [-0.2, -0.15) is 5.10 Å². The maximum absolute atomic E-state index is 13.8. The van der Waals surface area contributed by atoms with E-state index in [9.17, 15) is 9.59 Å². The number of hydrogen-bond acceptors (Lipinski definition) is 3. The molecule has 1 fully saturated rings. The number of halogens is 1. The minimum Gasteiger partial charge on any atom is -0.351 e. The monoisotopic (exact) mass is 470 g/mol. The lowest BCUT2D eigenvalue weighted by molar-refractivity contribution is -0.134. The summed E-state index contributed by atoms with van der Waals surface area (Å²) in [6, 6.07) is 9.51. The number of carbonyl (C=O) groups is 2. The molecule has 0 radical (unpaired) electrons. The zero-order valence-electron chi connectivity index (χ0n) is 19.9. The Morgan fingerprint density at radius 1 is 1.18 bits per heavy atom. The van der Waals surface area contributed by atoms with Crippen LogP contribution in [0.25, 0.3) is 0 Å². The van der Waals surface area contributed by atoms with Crippen LogP contribution in [0.3, 0.4) is 0 Å². The van der Waals surface area contributed by atoms with Gasteiger partial charge in [-0.1, -0.05) is 75.8 Å². The van der Waals surface area contributed by atoms with Gasteiger partial charge < -0.3 is 10.2 Å². The molecule has 33 heavy (non-hydrogen) atoms. The highest BCUT2D eigenvalue weighted by atomic mass is 35.5. The largest absolute Gasteiger partial charge is 0.351 e. The van der Waals surface area contributed by atoms with Gasteiger partial charge in [0.2, 0.25) is 5.91 Å². The van der Waals surface area contributed by atoms with E-state index in [1.54, 1.807) is 9.58 Å². The second kappa shape index (κ2) is 9.88. The Bertz CT molecular complexity index is 1010. The summed E-state index contributed by atoms with van der Waals surface area (Å²) < 4.78 is 1.72. The molecular weight excluding hydrogens is 436 g/mol. The van der Waals surface area contributed by atoms with Crippen LogP contribution in [0.2, 0.25) is 5.02 Å². The van der Waals surface area contributed by atoms with Crippen molar-refractivity contribution in [3.63, 3.8) is 0 Å². The van der Waals surface area contributed by atoms with Gasteiger partial charge in [-0.05, 0) is 43.4 Å². The van der Waals surface area contributed by atoms with Gasteiger partial charge in [-0.3, -0.25) is 14.3 Å². The fourth-order valence-corrected chi connectivity index (χ4v) is 5.13. The molecule has 1 aliphatic heterocycles. The van der Waals surface area contributed by atoms with E-state index in [0.29, 0.717) is 17.3 Å². The fraction of sp³-hybridized carbons (Fsp3) is 0.577. The van der Waals surface area contributed by atoms with Crippen molar-refractivity contribution in [2.45, 2.75) is 96.3 Å². The van der Waals surface area contributed by atoms with E-state index in [0.717, 1.165) is 36.9 Å². The Labute approximate surface area is 201 Å². The fourth-order valence-electron chi connectivity index (χ4n) is 4.93. The second-order valence-electron chi connectivity index (χ2n) is 10.0. The molecule has 0 unspecified atom stereocenters. The lowest BCUT2D eigenvalue weighted by atomic mass is 9.91. The summed E-state index contributed by atoms with van der Waals surface area (Å²) in [6.07, 6.45) is 7.95. The molecule has 2 amide bonds. The van der Waals surface area contributed by atoms with Gasteiger partial charge in [-0.25, -0.2) is 0 Å². The third-order valence-corrected chi connectivity index (χ3v) is 7.49. The van der Waals surface area contributed by atoms with Crippen LogP contribution in [0, 0.1) is 0 Å². The van der Waals surface area contributed by atoms with E-state index in [1.807, 2.05) is 37.3 Å². The first-order valence-corrected chi connectivity index (χ1v) is 12.6. The molecule has 1 aromatic heterocycles. The summed E-state index contributed by atoms with van der Waals surface area (Å²) in [5.41, 5.74) is 1.16. The summed E-state index contributed by atoms with van der Waals surface area (Å²) in [4.78, 5) is 29.2. The molecule has 1 atom stereocenters. The zero-order valence-corrected chi connectivity index (χ0v) is 20.7. The van der Waals surface area contributed by atoms with Gasteiger partial charge in [-0.15, -0.1) is 0 Å². The van der Waals surface area contributed by atoms with E-state index < -0.39 is 5.54 Å². The van der Waals surface area contributed by atoms with Crippen molar-refractivity contribution < 1.29 is 9.59 Å². The van der Waals surface area contributed by atoms with Crippen LogP contribution in [-0.4, -0.2) is 38.1 Å².